The summed E-state index contributed by atoms with van der Waals surface area (Å²) in [6.07, 6.45) is 4.53. The number of benzene rings is 2. The van der Waals surface area contributed by atoms with Gasteiger partial charge in [-0.05, 0) is 48.1 Å². The van der Waals surface area contributed by atoms with E-state index in [9.17, 15) is 0 Å². The van der Waals surface area contributed by atoms with Crippen LogP contribution >= 0.6 is 11.8 Å². The van der Waals surface area contributed by atoms with Gasteiger partial charge in [-0.1, -0.05) is 61.6 Å². The Bertz CT molecular complexity index is 776. The molecule has 0 aliphatic carbocycles. The molecule has 0 amide bonds. The first kappa shape index (κ1) is 19.6. The van der Waals surface area contributed by atoms with E-state index in [1.807, 2.05) is 42.1 Å². The van der Waals surface area contributed by atoms with Crippen LogP contribution in [-0.4, -0.2) is 30.9 Å². The Kier molecular flexibility index (Phi) is 7.89. The molecule has 27 heavy (non-hydrogen) atoms. The zero-order valence-corrected chi connectivity index (χ0v) is 16.8. The first-order chi connectivity index (χ1) is 13.4. The van der Waals surface area contributed by atoms with Gasteiger partial charge in [0.15, 0.2) is 6.23 Å². The average Bonchev–Trinajstić information content (AvgIpc) is 3.21. The molecule has 2 nitrogen and oxygen atoms in total. The van der Waals surface area contributed by atoms with Crippen molar-refractivity contribution >= 4 is 17.4 Å². The number of unbranched alkanes of at least 4 members (excludes halogenated alkanes) is 1. The van der Waals surface area contributed by atoms with Gasteiger partial charge in [0.1, 0.15) is 0 Å². The fourth-order valence-corrected chi connectivity index (χ4v) is 4.11. The van der Waals surface area contributed by atoms with E-state index in [0.717, 1.165) is 24.5 Å². The smallest absolute Gasteiger partial charge is 0.154 e. The summed E-state index contributed by atoms with van der Waals surface area (Å²) in [6, 6.07) is 20.7. The van der Waals surface area contributed by atoms with Crippen molar-refractivity contribution in [3.63, 3.8) is 0 Å². The minimum Gasteiger partial charge on any atom is -0.352 e. The highest BCUT2D eigenvalue weighted by molar-refractivity contribution is 7.99. The van der Waals surface area contributed by atoms with E-state index < -0.39 is 0 Å². The quantitative estimate of drug-likeness (QED) is 0.476. The zero-order valence-electron chi connectivity index (χ0n) is 15.9. The summed E-state index contributed by atoms with van der Waals surface area (Å²) >= 11 is 1.97. The predicted molar refractivity (Wildman–Crippen MR) is 117 cm³/mol. The molecular weight excluding hydrogens is 350 g/mol. The normalized spacial score (nSPS) is 16.9. The Hall–Kier alpha value is -2.15. The minimum atomic E-state index is -0.0217. The first-order valence-electron chi connectivity index (χ1n) is 9.65. The molecule has 1 atom stereocenters. The second-order valence-corrected chi connectivity index (χ2v) is 7.62. The first-order valence-corrected chi connectivity index (χ1v) is 10.8. The Morgan fingerprint density at radius 3 is 2.63 bits per heavy atom. The van der Waals surface area contributed by atoms with E-state index >= 15 is 0 Å². The van der Waals surface area contributed by atoms with Crippen molar-refractivity contribution in [3.8, 4) is 11.8 Å². The van der Waals surface area contributed by atoms with E-state index in [0.29, 0.717) is 0 Å². The molecule has 1 saturated heterocycles. The summed E-state index contributed by atoms with van der Waals surface area (Å²) in [7, 11) is 0. The second kappa shape index (κ2) is 10.9. The van der Waals surface area contributed by atoms with Crippen LogP contribution < -0.4 is 4.90 Å². The van der Waals surface area contributed by atoms with Gasteiger partial charge in [-0.3, -0.25) is 0 Å². The summed E-state index contributed by atoms with van der Waals surface area (Å²) in [5.74, 6) is 8.64. The van der Waals surface area contributed by atoms with Crippen LogP contribution in [0.1, 0.15) is 25.3 Å². The van der Waals surface area contributed by atoms with Gasteiger partial charge < -0.3 is 9.64 Å². The molecule has 0 N–H and O–H groups in total. The lowest BCUT2D eigenvalue weighted by molar-refractivity contribution is 0.140. The van der Waals surface area contributed by atoms with Crippen LogP contribution in [0.15, 0.2) is 72.3 Å². The highest BCUT2D eigenvalue weighted by Gasteiger charge is 2.28. The SMILES string of the molecule is CCCCSC/C(=C\C#Cc1ccccc1)C1OCCN1c1ccccc1. The standard InChI is InChI=1S/C24H27NOS/c1-2-3-19-27-20-22(14-10-13-21-11-6-4-7-12-21)24-25(17-18-26-24)23-15-8-5-9-16-23/h4-9,11-12,14-16,24H,2-3,17-20H2,1H3/b22-14+. The number of hydrogen-bond donors (Lipinski definition) is 0. The molecule has 3 rings (SSSR count). The number of thioether (sulfide) groups is 1. The molecule has 0 radical (unpaired) electrons. The largest absolute Gasteiger partial charge is 0.352 e. The molecule has 1 unspecified atom stereocenters. The second-order valence-electron chi connectivity index (χ2n) is 6.51. The molecule has 1 aliphatic rings. The third-order valence-electron chi connectivity index (χ3n) is 4.45. The number of para-hydroxylation sites is 1. The van der Waals surface area contributed by atoms with Gasteiger partial charge in [0, 0.05) is 23.5 Å². The lowest BCUT2D eigenvalue weighted by atomic mass is 10.2. The molecule has 2 aromatic carbocycles. The van der Waals surface area contributed by atoms with Crippen LogP contribution in [0.4, 0.5) is 5.69 Å². The number of ether oxygens (including phenoxy) is 1. The Labute approximate surface area is 167 Å². The number of nitrogens with zero attached hydrogens (tertiary/aromatic N) is 1. The maximum absolute atomic E-state index is 6.12. The number of hydrogen-bond acceptors (Lipinski definition) is 3. The van der Waals surface area contributed by atoms with Crippen molar-refractivity contribution in [2.24, 2.45) is 0 Å². The summed E-state index contributed by atoms with van der Waals surface area (Å²) in [4.78, 5) is 2.34. The Morgan fingerprint density at radius 2 is 1.89 bits per heavy atom. The summed E-state index contributed by atoms with van der Waals surface area (Å²) in [6.45, 7) is 3.90. The van der Waals surface area contributed by atoms with Crippen molar-refractivity contribution < 1.29 is 4.74 Å². The lowest BCUT2D eigenvalue weighted by Gasteiger charge is -2.27. The van der Waals surface area contributed by atoms with Crippen molar-refractivity contribution in [2.75, 3.05) is 29.6 Å². The van der Waals surface area contributed by atoms with Crippen LogP contribution in [0.25, 0.3) is 0 Å². The minimum absolute atomic E-state index is 0.0217. The fourth-order valence-electron chi connectivity index (χ4n) is 3.02. The molecule has 0 bridgehead atoms. The fraction of sp³-hybridized carbons (Fsp3) is 0.333. The van der Waals surface area contributed by atoms with E-state index in [-0.39, 0.29) is 6.23 Å². The van der Waals surface area contributed by atoms with E-state index in [1.165, 1.54) is 29.9 Å². The number of allylic oxidation sites excluding steroid dienone is 1. The number of anilines is 1. The van der Waals surface area contributed by atoms with Gasteiger partial charge in [0.2, 0.25) is 0 Å². The summed E-state index contributed by atoms with van der Waals surface area (Å²) in [5, 5.41) is 0. The van der Waals surface area contributed by atoms with Gasteiger partial charge in [-0.2, -0.15) is 11.8 Å². The monoisotopic (exact) mass is 377 g/mol. The van der Waals surface area contributed by atoms with Gasteiger partial charge in [-0.15, -0.1) is 0 Å². The van der Waals surface area contributed by atoms with Crippen molar-refractivity contribution in [1.29, 1.82) is 0 Å². The maximum atomic E-state index is 6.12. The van der Waals surface area contributed by atoms with Crippen LogP contribution in [0.3, 0.4) is 0 Å². The van der Waals surface area contributed by atoms with Gasteiger partial charge in [-0.25, -0.2) is 0 Å². The summed E-state index contributed by atoms with van der Waals surface area (Å²) < 4.78 is 6.12. The molecule has 0 saturated carbocycles. The van der Waals surface area contributed by atoms with E-state index in [1.54, 1.807) is 0 Å². The van der Waals surface area contributed by atoms with Gasteiger partial charge >= 0.3 is 0 Å². The third-order valence-corrected chi connectivity index (χ3v) is 5.57. The average molecular weight is 378 g/mol. The lowest BCUT2D eigenvalue weighted by Crippen LogP contribution is -2.32. The van der Waals surface area contributed by atoms with Crippen LogP contribution in [0.5, 0.6) is 0 Å². The summed E-state index contributed by atoms with van der Waals surface area (Å²) in [5.41, 5.74) is 3.50. The predicted octanol–water partition coefficient (Wildman–Crippen LogP) is 5.36. The van der Waals surface area contributed by atoms with Crippen molar-refractivity contribution in [1.82, 2.24) is 0 Å². The van der Waals surface area contributed by atoms with Crippen LogP contribution in [-0.2, 0) is 4.74 Å². The van der Waals surface area contributed by atoms with E-state index in [2.05, 4.69) is 60.1 Å². The van der Waals surface area contributed by atoms with Crippen LogP contribution in [0.2, 0.25) is 0 Å². The molecule has 2 aromatic rings. The van der Waals surface area contributed by atoms with Crippen LogP contribution in [0, 0.1) is 11.8 Å². The zero-order chi connectivity index (χ0) is 18.7. The topological polar surface area (TPSA) is 12.5 Å². The van der Waals surface area contributed by atoms with Gasteiger partial charge in [0.25, 0.3) is 0 Å². The van der Waals surface area contributed by atoms with Crippen molar-refractivity contribution in [2.45, 2.75) is 26.0 Å². The molecule has 1 fully saturated rings. The Morgan fingerprint density at radius 1 is 1.15 bits per heavy atom. The molecule has 3 heteroatoms. The van der Waals surface area contributed by atoms with Crippen molar-refractivity contribution in [3.05, 3.63) is 77.9 Å². The van der Waals surface area contributed by atoms with E-state index in [4.69, 9.17) is 4.74 Å². The third kappa shape index (κ3) is 5.92. The number of rotatable bonds is 7. The highest BCUT2D eigenvalue weighted by Crippen LogP contribution is 2.27. The molecule has 140 valence electrons. The molecular formula is C24H27NOS. The Balaban J connectivity index is 1.78. The molecule has 0 aromatic heterocycles. The molecule has 0 spiro atoms. The molecule has 1 aliphatic heterocycles. The molecule has 1 heterocycles. The highest BCUT2D eigenvalue weighted by atomic mass is 32.2. The van der Waals surface area contributed by atoms with Gasteiger partial charge in [0.05, 0.1) is 6.61 Å². The maximum Gasteiger partial charge on any atom is 0.154 e.